The molecule has 0 bridgehead atoms. The smallest absolute Gasteiger partial charge is 0.191 e. The summed E-state index contributed by atoms with van der Waals surface area (Å²) in [6, 6.07) is -12.8. The molecule has 0 aliphatic heterocycles. The molecule has 144 heavy (non-hydrogen) atoms. The van der Waals surface area contributed by atoms with Crippen molar-refractivity contribution in [2.75, 3.05) is 96.8 Å². The molecular weight excluding hydrogens is 1950 g/mol. The van der Waals surface area contributed by atoms with Gasteiger partial charge < -0.3 is 101 Å². The number of nitrogens with one attached hydrogen (secondary N) is 4. The highest BCUT2D eigenvalue weighted by Gasteiger charge is 2.51. The highest BCUT2D eigenvalue weighted by Crippen LogP contribution is 2.50. The minimum atomic E-state index is -4.42. The maximum Gasteiger partial charge on any atom is 0.191 e. The van der Waals surface area contributed by atoms with Crippen molar-refractivity contribution in [3.63, 3.8) is 0 Å². The van der Waals surface area contributed by atoms with Crippen LogP contribution in [0.5, 0.6) is 0 Å². The number of aromatic nitrogens is 20. The molecular formula is C96H124F4N24O16S4. The number of benzene rings is 4. The normalized spacial score (nSPS) is 49.5. The summed E-state index contributed by atoms with van der Waals surface area (Å²) in [7, 11) is 0. The van der Waals surface area contributed by atoms with Gasteiger partial charge in [-0.15, -0.1) is 20.4 Å². The summed E-state index contributed by atoms with van der Waals surface area (Å²) in [5.74, 6) is -16.0. The van der Waals surface area contributed by atoms with Crippen LogP contribution in [0, 0.1) is 51.0 Å². The van der Waals surface area contributed by atoms with Crippen molar-refractivity contribution in [3.05, 3.63) is 141 Å². The summed E-state index contributed by atoms with van der Waals surface area (Å²) in [6.07, 6.45) is -79.7. The van der Waals surface area contributed by atoms with Crippen molar-refractivity contribution in [2.24, 2.45) is 0 Å². The topological polar surface area (TPSA) is 554 Å². The molecule has 8 saturated carbocycles. The Labute approximate surface area is 925 Å². The van der Waals surface area contributed by atoms with Gasteiger partial charge in [0.1, 0.15) is 71.9 Å². The van der Waals surface area contributed by atoms with Crippen LogP contribution < -0.4 is 21.3 Å². The van der Waals surface area contributed by atoms with Crippen molar-refractivity contribution in [1.82, 2.24) is 99.8 Å². The molecule has 0 saturated heterocycles. The summed E-state index contributed by atoms with van der Waals surface area (Å²) < 4.78 is 566. The predicted molar refractivity (Wildman–Crippen MR) is 530 cm³/mol. The molecule has 20 rings (SSSR count). The summed E-state index contributed by atoms with van der Waals surface area (Å²) in [5, 5.41) is 163. The molecule has 8 aliphatic carbocycles. The molecule has 0 radical (unpaired) electrons. The predicted octanol–water partition coefficient (Wildman–Crippen LogP) is 8.73. The number of fused-ring (bicyclic) bond motifs is 4. The fraction of sp³-hybridized carbons (Fsp3) is 0.583. The number of thioether (sulfide) groups is 4. The molecule has 0 amide bonds. The maximum absolute atomic E-state index is 14.5. The highest BCUT2D eigenvalue weighted by atomic mass is 32.2. The van der Waals surface area contributed by atoms with E-state index in [1.807, 2.05) is 0 Å². The largest absolute Gasteiger partial charge is 0.394 e. The Morgan fingerprint density at radius 2 is 0.625 bits per heavy atom. The molecule has 8 aromatic heterocycles. The number of aryl methyl sites for hydroxylation is 4. The Kier molecular flexibility index (Phi) is 18.1. The van der Waals surface area contributed by atoms with Gasteiger partial charge in [-0.25, -0.2) is 76.2 Å². The third-order valence-electron chi connectivity index (χ3n) is 20.3. The minimum Gasteiger partial charge on any atom is -0.394 e. The number of aliphatic hydroxyl groups excluding tert-OH is 2. The molecule has 4 aromatic carbocycles. The van der Waals surface area contributed by atoms with E-state index in [9.17, 15) is 78.8 Å². The molecule has 0 spiro atoms. The van der Waals surface area contributed by atoms with E-state index in [4.69, 9.17) is 89.0 Å². The second-order valence-corrected chi connectivity index (χ2v) is 33.3. The minimum absolute atomic E-state index is 0.0275. The van der Waals surface area contributed by atoms with Gasteiger partial charge in [-0.3, -0.25) is 0 Å². The number of halogens is 4. The van der Waals surface area contributed by atoms with Gasteiger partial charge in [-0.05, 0) is 148 Å². The van der Waals surface area contributed by atoms with Crippen LogP contribution in [0.3, 0.4) is 0 Å². The highest BCUT2D eigenvalue weighted by molar-refractivity contribution is 7.99. The lowest BCUT2D eigenvalue weighted by atomic mass is 10.1. The number of anilines is 4. The van der Waals surface area contributed by atoms with Gasteiger partial charge in [0.05, 0.1) is 139 Å². The number of nitrogens with zero attached hydrogens (tertiary/aromatic N) is 20. The first kappa shape index (κ1) is 55.1. The standard InChI is InChI=1S/4C24H31FN6O4S/c4*1-3-8-36-24-27-22(26-16-10-14(16)13-5-4-12(2)15(25)9-13)19-23(28-24)31(30-29-19)17-11-18(35-7-6-32)21(34)20(17)33/h4*4-5,9,14,16-18,20-21,32-34H,3,6-8,10-11H2,1-2H3,(H,26,27,28)/t4*14-,16+,17+,18-,20-,21+/m0000/s1/i6D2,7D2,8D2,10D2,11D2,14D,16D,17D,18D,20D,21D;7D2,8D2,10D2,11D2,14D,16D,17D,18D,20D,21D;6D2,8D2,10D2,11D2,14D,16D,17D,18D,20D,21D;3D2,8D2,10D2,11D2,14D,16D,17D,18D,20D,21D. The first-order valence-electron chi connectivity index (χ1n) is 71.3. The Bertz CT molecular complexity index is 9690. The van der Waals surface area contributed by atoms with E-state index in [1.165, 1.54) is 97.0 Å². The molecule has 24 atom stereocenters. The van der Waals surface area contributed by atoms with Crippen LogP contribution in [-0.4, -0.2) is 334 Å². The second kappa shape index (κ2) is 47.3. The third kappa shape index (κ3) is 23.8. The van der Waals surface area contributed by atoms with Crippen LogP contribution in [0.2, 0.25) is 0 Å². The van der Waals surface area contributed by atoms with Crippen LogP contribution in [0.25, 0.3) is 44.7 Å². The van der Waals surface area contributed by atoms with Crippen molar-refractivity contribution >= 4 is 115 Å². The van der Waals surface area contributed by atoms with Gasteiger partial charge in [0.15, 0.2) is 88.6 Å². The van der Waals surface area contributed by atoms with Gasteiger partial charge in [0.2, 0.25) is 0 Å². The third-order valence-corrected chi connectivity index (χ3v) is 23.4. The van der Waals surface area contributed by atoms with Crippen molar-refractivity contribution in [1.29, 1.82) is 0 Å². The fourth-order valence-electron chi connectivity index (χ4n) is 13.1. The number of hydrogen-bond acceptors (Lipinski definition) is 40. The van der Waals surface area contributed by atoms with Crippen LogP contribution in [0.15, 0.2) is 93.4 Å². The molecule has 776 valence electrons. The first-order valence-corrected chi connectivity index (χ1v) is 45.5. The summed E-state index contributed by atoms with van der Waals surface area (Å²) in [4.78, 5) is 32.5. The van der Waals surface area contributed by atoms with Gasteiger partial charge in [0.25, 0.3) is 0 Å². The number of aliphatic hydroxyl groups is 12. The Balaban J connectivity index is 0.000000174. The SMILES string of the molecule is [2H]C([2H])(C)C([2H])([2H])Sc1nc(N[C@]2([2H])C([2H])([2H])[C@@]2([2H])c2ccc(C)c(F)c2)c2nnn([C@]3([2H])C([2H])([2H])[C@]([2H])(OCCO)[C@@]([2H])(O)[C@@]3([2H])O)c2n1.[2H]C([2H])(CC)Sc1nc(N[C@]2([2H])C([2H])([2H])[C@@]2([2H])c2ccc(C)c(F)c2)c2nnn([C@]3([2H])C([2H])([2H])[C@]([2H])(OC([2H])([2H])C([2H])([2H])O)[C@@]([2H])(O)[C@@]3([2H])O)c2n1.[2H]C([2H])(CO)O[C@@]1([2H])C([2H])([2H])[C@@]([2H])(n2nnc3c(N[C@]4([2H])C([2H])([2H])[C@@]4([2H])c4ccc(C)c(F)c4)nc(SC([2H])([2H])CC)nc32)[C@]([2H])(O)[C@]1([2H])O.[2H]C([2H])(O)CO[C@@]1([2H])C([2H])([2H])[C@@]([2H])(n2nnc3c(N[C@]4([2H])C([2H])([2H])[C@@]4([2H])c4ccc(C)c(F)c4)nc(SC([2H])([2H])CC)nc32)[C@]([2H])(O)[C@]1([2H])O. The monoisotopic (exact) mass is 2130 g/mol. The molecule has 8 aliphatic rings. The average molecular weight is 2130 g/mol. The zero-order valence-corrected chi connectivity index (χ0v) is 78.7. The van der Waals surface area contributed by atoms with E-state index in [-0.39, 0.29) is 94.3 Å². The summed E-state index contributed by atoms with van der Waals surface area (Å²) >= 11 is 1.03. The lowest BCUT2D eigenvalue weighted by molar-refractivity contribution is -0.0629. The van der Waals surface area contributed by atoms with Gasteiger partial charge in [0, 0.05) is 137 Å². The lowest BCUT2D eigenvalue weighted by Gasteiger charge is -2.17. The van der Waals surface area contributed by atoms with E-state index in [1.54, 1.807) is 0 Å². The van der Waals surface area contributed by atoms with Crippen molar-refractivity contribution in [2.45, 2.75) is 297 Å². The van der Waals surface area contributed by atoms with E-state index in [2.05, 4.69) is 112 Å². The Morgan fingerprint density at radius 1 is 0.354 bits per heavy atom. The van der Waals surface area contributed by atoms with Gasteiger partial charge >= 0.3 is 0 Å². The number of hydrogen-bond donors (Lipinski definition) is 16. The van der Waals surface area contributed by atoms with Crippen molar-refractivity contribution in [3.8, 4) is 0 Å². The zero-order chi connectivity index (χ0) is 154. The van der Waals surface area contributed by atoms with Crippen LogP contribution >= 0.6 is 47.0 Å². The number of rotatable bonds is 40. The maximum atomic E-state index is 14.5. The first-order chi connectivity index (χ1) is 90.6. The molecule has 8 fully saturated rings. The van der Waals surface area contributed by atoms with Crippen LogP contribution in [0.1, 0.15) is 276 Å². The number of ether oxygens (including phenoxy) is 4. The average Bonchev–Trinajstić information content (AvgIpc) is 1.47. The molecule has 0 unspecified atom stereocenters. The van der Waals surface area contributed by atoms with E-state index in [0.29, 0.717) is 35.3 Å². The van der Waals surface area contributed by atoms with Gasteiger partial charge in [-0.1, -0.05) is 144 Å². The van der Waals surface area contributed by atoms with Gasteiger partial charge in [-0.2, -0.15) is 0 Å². The molecule has 12 aromatic rings. The Morgan fingerprint density at radius 3 is 0.875 bits per heavy atom. The zero-order valence-electron chi connectivity index (χ0n) is 133. The summed E-state index contributed by atoms with van der Waals surface area (Å²) in [6.45, 7) is -8.74. The summed E-state index contributed by atoms with van der Waals surface area (Å²) in [5.41, 5.74) is -15.7. The Hall–Kier alpha value is -9.52. The molecule has 40 nitrogen and oxygen atoms in total. The molecule has 48 heteroatoms. The quantitative estimate of drug-likeness (QED) is 0.00969. The van der Waals surface area contributed by atoms with Crippen LogP contribution in [-0.2, 0) is 18.9 Å². The van der Waals surface area contributed by atoms with E-state index in [0.717, 1.165) is 31.2 Å². The van der Waals surface area contributed by atoms with E-state index < -0.39 is 389 Å². The molecule has 16 N–H and O–H groups in total. The van der Waals surface area contributed by atoms with Crippen LogP contribution in [0.4, 0.5) is 40.8 Å². The second-order valence-electron chi connectivity index (χ2n) is 30.0. The molecule has 8 heterocycles. The lowest BCUT2D eigenvalue weighted by Crippen LogP contribution is -2.33. The fourth-order valence-corrected chi connectivity index (χ4v) is 15.2. The van der Waals surface area contributed by atoms with Crippen molar-refractivity contribution < 1.29 is 177 Å². The van der Waals surface area contributed by atoms with E-state index >= 15 is 0 Å².